The van der Waals surface area contributed by atoms with Gasteiger partial charge in [-0.1, -0.05) is 460 Å². The molecule has 4 aromatic heterocycles. The molecule has 0 saturated heterocycles. The third-order valence-electron chi connectivity index (χ3n) is 27.4. The maximum Gasteiger partial charge on any atom is 0.328 e. The molecule has 16 aromatic rings. The number of unbranched alkanes of at least 4 members (excludes halogenated alkanes) is 34. The predicted octanol–water partition coefficient (Wildman–Crippen LogP) is 28.9. The molecule has 10 nitrogen and oxygen atoms in total. The molecule has 134 heavy (non-hydrogen) atoms. The van der Waals surface area contributed by atoms with E-state index in [-0.39, 0.29) is 11.1 Å². The van der Waals surface area contributed by atoms with E-state index in [4.69, 9.17) is 29.4 Å². The normalized spacial score (nSPS) is 12.0. The van der Waals surface area contributed by atoms with Crippen molar-refractivity contribution in [1.29, 1.82) is 10.5 Å². The Hall–Kier alpha value is -12.9. The fraction of sp³-hybridized carbons (Fsp3) is 0.328. The first-order valence-electron chi connectivity index (χ1n) is 51.0. The minimum Gasteiger partial charge on any atom is -0.494 e. The van der Waals surface area contributed by atoms with Crippen molar-refractivity contribution in [3.63, 3.8) is 0 Å². The molecular formula is C122H132B2N8O2. The van der Waals surface area contributed by atoms with Gasteiger partial charge < -0.3 is 18.4 Å². The number of nitrogens with zero attached hydrogens (tertiary/aromatic N) is 8. The highest BCUT2D eigenvalue weighted by molar-refractivity contribution is 6.85. The van der Waals surface area contributed by atoms with Crippen LogP contribution < -0.4 is 42.0 Å². The molecule has 0 unspecified atom stereocenters. The Morgan fingerprint density at radius 2 is 0.530 bits per heavy atom. The van der Waals surface area contributed by atoms with Gasteiger partial charge in [0.2, 0.25) is 0 Å². The molecule has 4 heterocycles. The fourth-order valence-corrected chi connectivity index (χ4v) is 20.1. The molecule has 0 atom stereocenters. The Morgan fingerprint density at radius 1 is 0.269 bits per heavy atom. The Kier molecular flexibility index (Phi) is 35.0. The van der Waals surface area contributed by atoms with Gasteiger partial charge in [0.25, 0.3) is 0 Å². The zero-order chi connectivity index (χ0) is 91.5. The zero-order valence-electron chi connectivity index (χ0n) is 79.3. The maximum absolute atomic E-state index is 13.0. The summed E-state index contributed by atoms with van der Waals surface area (Å²) in [4.78, 5) is 21.9. The summed E-state index contributed by atoms with van der Waals surface area (Å²) in [5.74, 6) is 1.51. The van der Waals surface area contributed by atoms with Gasteiger partial charge in [0.15, 0.2) is 0 Å². The van der Waals surface area contributed by atoms with Gasteiger partial charge in [0.05, 0.1) is 58.4 Å². The predicted molar refractivity (Wildman–Crippen MR) is 566 cm³/mol. The highest BCUT2D eigenvalue weighted by Crippen LogP contribution is 2.39. The summed E-state index contributed by atoms with van der Waals surface area (Å²) in [5, 5.41) is 33.3. The fourth-order valence-electron chi connectivity index (χ4n) is 20.1. The SMILES string of the molecule is CCCCCCCCCCCCCCCCCCCCOc1ccc(-c2c3/c(=C(\C#N)c4cnc5cc(-c6ccc7ccccc7c6)ccc5n4)n(B(c4ccccc4)c4ccccc4)c(-c4ccc(OCCCCCCCCCCCCCCCCCCCC)cc4)c3/c(=C(\C#N)c3cnc4cc(-c5ccc6ccccc6c5)ccc4n3)n2B(c2ccccc2)c2ccccc2)cc1. The molecule has 0 bridgehead atoms. The molecule has 0 amide bonds. The average Bonchev–Trinajstić information content (AvgIpc) is 1.52. The lowest BCUT2D eigenvalue weighted by atomic mass is 9.50. The Morgan fingerprint density at radius 3 is 0.828 bits per heavy atom. The summed E-state index contributed by atoms with van der Waals surface area (Å²) in [6.45, 7) is 4.52. The number of benzene rings is 12. The van der Waals surface area contributed by atoms with Gasteiger partial charge in [-0.3, -0.25) is 9.97 Å². The summed E-state index contributed by atoms with van der Waals surface area (Å²) in [5.41, 5.74) is 15.1. The second-order valence-corrected chi connectivity index (χ2v) is 37.1. The molecule has 0 N–H and O–H groups in total. The lowest BCUT2D eigenvalue weighted by Gasteiger charge is -2.24. The molecule has 0 spiro atoms. The number of rotatable bonds is 52. The number of hydrogen-bond acceptors (Lipinski definition) is 8. The minimum absolute atomic E-state index is 0.284. The number of ether oxygens (including phenoxy) is 2. The molecule has 0 fully saturated rings. The van der Waals surface area contributed by atoms with Crippen molar-refractivity contribution in [2.45, 2.75) is 245 Å². The standard InChI is InChI=1S/C122H132B2N8O2/c1-3-5-7-9-11-13-15-17-19-21-23-25-27-29-31-33-35-53-83-133-107-77-71-95(72-78-107)119-117-118(122(131(119)123(103-59-41-37-42-60-103)104-61-43-38-44-62-104)110(90-126)116-92-128-114-88-102(76-82-112(114)130-116)100-70-68-94-56-50-52-58-98(94)86-100)120(96-73-79-108(80-74-96)134-84-54-36-34-32-30-28-26-24-22-20-18-16-14-12-10-8-6-4-2)132(124(105-63-45-39-46-64-105)106-65-47-40-48-66-106)121(117)109(89-125)115-91-127-113-87-101(75-81-111(113)129-115)99-69-67-93-55-49-51-57-97(93)85-99/h37-52,55-82,85-88,91-92H,3-36,53-54,83-84H2,1-2H3/b121-109-,122-110-. The van der Waals surface area contributed by atoms with Crippen LogP contribution >= 0.6 is 0 Å². The van der Waals surface area contributed by atoms with Gasteiger partial charge in [-0.25, -0.2) is 9.97 Å². The van der Waals surface area contributed by atoms with Crippen molar-refractivity contribution in [2.75, 3.05) is 13.2 Å². The Balaban J connectivity index is 0.845. The molecule has 16 rings (SSSR count). The molecular weight excluding hydrogens is 1630 g/mol. The molecule has 0 aliphatic heterocycles. The van der Waals surface area contributed by atoms with Crippen LogP contribution in [0.5, 0.6) is 11.5 Å². The third-order valence-corrected chi connectivity index (χ3v) is 27.4. The molecule has 0 saturated carbocycles. The number of fused-ring (bicyclic) bond motifs is 5. The third kappa shape index (κ3) is 24.4. The van der Waals surface area contributed by atoms with Crippen molar-refractivity contribution in [1.82, 2.24) is 28.9 Å². The number of aromatic nitrogens is 6. The van der Waals surface area contributed by atoms with Gasteiger partial charge >= 0.3 is 13.7 Å². The van der Waals surface area contributed by atoms with Crippen molar-refractivity contribution in [2.24, 2.45) is 0 Å². The maximum atomic E-state index is 13.0. The first-order valence-corrected chi connectivity index (χ1v) is 51.0. The van der Waals surface area contributed by atoms with Gasteiger partial charge in [-0.05, 0) is 153 Å². The van der Waals surface area contributed by atoms with Gasteiger partial charge in [0, 0.05) is 22.2 Å². The second kappa shape index (κ2) is 49.7. The lowest BCUT2D eigenvalue weighted by molar-refractivity contribution is 0.304. The molecule has 12 aromatic carbocycles. The van der Waals surface area contributed by atoms with Crippen molar-refractivity contribution >= 4 is 101 Å². The largest absolute Gasteiger partial charge is 0.494 e. The van der Waals surface area contributed by atoms with E-state index in [0.717, 1.165) is 125 Å². The summed E-state index contributed by atoms with van der Waals surface area (Å²) in [6.07, 6.45) is 50.9. The van der Waals surface area contributed by atoms with Crippen LogP contribution in [0.1, 0.15) is 256 Å². The van der Waals surface area contributed by atoms with E-state index in [9.17, 15) is 10.5 Å². The van der Waals surface area contributed by atoms with Crippen LogP contribution in [0.2, 0.25) is 0 Å². The topological polar surface area (TPSA) is 127 Å². The zero-order valence-corrected chi connectivity index (χ0v) is 79.3. The van der Waals surface area contributed by atoms with Gasteiger partial charge in [-0.15, -0.1) is 0 Å². The molecule has 0 aliphatic carbocycles. The van der Waals surface area contributed by atoms with Crippen LogP contribution in [-0.2, 0) is 0 Å². The van der Waals surface area contributed by atoms with Crippen LogP contribution in [0.3, 0.4) is 0 Å². The number of nitriles is 2. The molecule has 678 valence electrons. The van der Waals surface area contributed by atoms with E-state index < -0.39 is 13.7 Å². The first-order chi connectivity index (χ1) is 66.4. The van der Waals surface area contributed by atoms with E-state index in [1.807, 2.05) is 12.1 Å². The minimum atomic E-state index is -0.623. The van der Waals surface area contributed by atoms with Crippen molar-refractivity contribution in [3.05, 3.63) is 326 Å². The first kappa shape index (κ1) is 94.3. The molecule has 12 heteroatoms. The van der Waals surface area contributed by atoms with Crippen LogP contribution in [0, 0.1) is 22.7 Å². The Labute approximate surface area is 797 Å². The highest BCUT2D eigenvalue weighted by atomic mass is 16.5. The van der Waals surface area contributed by atoms with Crippen LogP contribution in [0.15, 0.2) is 304 Å². The van der Waals surface area contributed by atoms with Crippen LogP contribution in [0.4, 0.5) is 0 Å². The molecule has 0 radical (unpaired) electrons. The van der Waals surface area contributed by atoms with E-state index >= 15 is 0 Å². The summed E-state index contributed by atoms with van der Waals surface area (Å²) >= 11 is 0. The quantitative estimate of drug-likeness (QED) is 0.0272. The Bertz CT molecular complexity index is 6180. The van der Waals surface area contributed by atoms with E-state index in [1.165, 1.54) is 216 Å². The van der Waals surface area contributed by atoms with Gasteiger partial charge in [-0.2, -0.15) is 10.5 Å². The lowest BCUT2D eigenvalue weighted by Crippen LogP contribution is -2.54. The molecule has 0 aliphatic rings. The highest BCUT2D eigenvalue weighted by Gasteiger charge is 2.38. The monoisotopic (exact) mass is 1760 g/mol. The smallest absolute Gasteiger partial charge is 0.328 e. The van der Waals surface area contributed by atoms with E-state index in [0.29, 0.717) is 57.4 Å². The van der Waals surface area contributed by atoms with Crippen molar-refractivity contribution < 1.29 is 9.47 Å². The average molecular weight is 1760 g/mol. The number of hydrogen-bond donors (Lipinski definition) is 0. The summed E-state index contributed by atoms with van der Waals surface area (Å²) in [6, 6.07) is 108. The second-order valence-electron chi connectivity index (χ2n) is 37.1. The van der Waals surface area contributed by atoms with Crippen LogP contribution in [0.25, 0.3) is 110 Å². The van der Waals surface area contributed by atoms with E-state index in [2.05, 4.69) is 314 Å². The summed E-state index contributed by atoms with van der Waals surface area (Å²) in [7, 11) is 0. The van der Waals surface area contributed by atoms with Gasteiger partial charge in [0.1, 0.15) is 46.2 Å². The van der Waals surface area contributed by atoms with E-state index in [1.54, 1.807) is 12.4 Å². The van der Waals surface area contributed by atoms with Crippen LogP contribution in [-0.4, -0.2) is 55.8 Å². The summed E-state index contributed by atoms with van der Waals surface area (Å²) < 4.78 is 18.4. The van der Waals surface area contributed by atoms with Crippen molar-refractivity contribution in [3.8, 4) is 68.4 Å².